The highest BCUT2D eigenvalue weighted by atomic mass is 16.5. The van der Waals surface area contributed by atoms with Crippen molar-refractivity contribution < 1.29 is 9.84 Å². The van der Waals surface area contributed by atoms with E-state index in [1.54, 1.807) is 19.2 Å². The summed E-state index contributed by atoms with van der Waals surface area (Å²) in [7, 11) is 1.64. The molecule has 0 radical (unpaired) electrons. The summed E-state index contributed by atoms with van der Waals surface area (Å²) < 4.78 is 5.15. The largest absolute Gasteiger partial charge is 0.507 e. The Morgan fingerprint density at radius 1 is 1.00 bits per heavy atom. The van der Waals surface area contributed by atoms with Gasteiger partial charge in [-0.25, -0.2) is 0 Å². The molecule has 0 heterocycles. The molecule has 0 aliphatic carbocycles. The number of phenolic OH excluding ortho intramolecular Hbond substituents is 1. The summed E-state index contributed by atoms with van der Waals surface area (Å²) in [6.07, 6.45) is 3.82. The van der Waals surface area contributed by atoms with E-state index in [-0.39, 0.29) is 5.75 Å². The molecule has 0 amide bonds. The lowest BCUT2D eigenvalue weighted by atomic mass is 10.1. The predicted octanol–water partition coefficient (Wildman–Crippen LogP) is 3.57. The van der Waals surface area contributed by atoms with Gasteiger partial charge in [0, 0.05) is 5.56 Å². The SMILES string of the molecule is COc1cccc(/C=C/c2ccccc2O)c1. The Bertz CT molecular complexity index is 530. The summed E-state index contributed by atoms with van der Waals surface area (Å²) in [5.74, 6) is 1.11. The van der Waals surface area contributed by atoms with Crippen LogP contribution in [0, 0.1) is 0 Å². The molecule has 2 aromatic carbocycles. The molecule has 2 heteroatoms. The number of rotatable bonds is 3. The fourth-order valence-electron chi connectivity index (χ4n) is 1.56. The van der Waals surface area contributed by atoms with Crippen LogP contribution in [0.4, 0.5) is 0 Å². The smallest absolute Gasteiger partial charge is 0.122 e. The van der Waals surface area contributed by atoms with Crippen LogP contribution < -0.4 is 4.74 Å². The first-order valence-electron chi connectivity index (χ1n) is 5.40. The Balaban J connectivity index is 2.23. The number of aromatic hydroxyl groups is 1. The van der Waals surface area contributed by atoms with Crippen molar-refractivity contribution in [3.63, 3.8) is 0 Å². The highest BCUT2D eigenvalue weighted by Gasteiger charge is 1.95. The zero-order chi connectivity index (χ0) is 12.1. The molecule has 2 rings (SSSR count). The minimum atomic E-state index is 0.284. The van der Waals surface area contributed by atoms with Gasteiger partial charge >= 0.3 is 0 Å². The van der Waals surface area contributed by atoms with Gasteiger partial charge in [0.25, 0.3) is 0 Å². The first kappa shape index (κ1) is 11.3. The molecule has 0 saturated carbocycles. The summed E-state index contributed by atoms with van der Waals surface area (Å²) in [6.45, 7) is 0. The predicted molar refractivity (Wildman–Crippen MR) is 70.0 cm³/mol. The third-order valence-electron chi connectivity index (χ3n) is 2.49. The zero-order valence-electron chi connectivity index (χ0n) is 9.63. The lowest BCUT2D eigenvalue weighted by molar-refractivity contribution is 0.414. The van der Waals surface area contributed by atoms with Crippen molar-refractivity contribution in [2.45, 2.75) is 0 Å². The molecule has 0 atom stereocenters. The van der Waals surface area contributed by atoms with Crippen LogP contribution in [-0.2, 0) is 0 Å². The Labute approximate surface area is 101 Å². The standard InChI is InChI=1S/C15H14O2/c1-17-14-7-4-5-12(11-14)9-10-13-6-2-3-8-15(13)16/h2-11,16H,1H3/b10-9+. The molecule has 0 unspecified atom stereocenters. The maximum atomic E-state index is 9.61. The van der Waals surface area contributed by atoms with Crippen LogP contribution in [0.2, 0.25) is 0 Å². The molecular weight excluding hydrogens is 212 g/mol. The van der Waals surface area contributed by atoms with Crippen molar-refractivity contribution in [1.29, 1.82) is 0 Å². The van der Waals surface area contributed by atoms with Crippen molar-refractivity contribution in [3.05, 3.63) is 59.7 Å². The Morgan fingerprint density at radius 3 is 2.59 bits per heavy atom. The van der Waals surface area contributed by atoms with Crippen molar-refractivity contribution >= 4 is 12.2 Å². The van der Waals surface area contributed by atoms with E-state index in [4.69, 9.17) is 4.74 Å². The van der Waals surface area contributed by atoms with Crippen LogP contribution in [0.3, 0.4) is 0 Å². The monoisotopic (exact) mass is 226 g/mol. The van der Waals surface area contributed by atoms with E-state index in [9.17, 15) is 5.11 Å². The second kappa shape index (κ2) is 5.21. The molecule has 0 aliphatic rings. The zero-order valence-corrected chi connectivity index (χ0v) is 9.63. The van der Waals surface area contributed by atoms with Crippen LogP contribution in [0.15, 0.2) is 48.5 Å². The Hall–Kier alpha value is -2.22. The van der Waals surface area contributed by atoms with E-state index >= 15 is 0 Å². The van der Waals surface area contributed by atoms with Gasteiger partial charge < -0.3 is 9.84 Å². The maximum Gasteiger partial charge on any atom is 0.122 e. The summed E-state index contributed by atoms with van der Waals surface area (Å²) in [4.78, 5) is 0. The number of phenols is 1. The molecule has 0 aromatic heterocycles. The van der Waals surface area contributed by atoms with Gasteiger partial charge in [-0.1, -0.05) is 42.5 Å². The number of hydrogen-bond donors (Lipinski definition) is 1. The second-order valence-electron chi connectivity index (χ2n) is 3.67. The first-order valence-corrected chi connectivity index (χ1v) is 5.40. The number of benzene rings is 2. The Morgan fingerprint density at radius 2 is 1.82 bits per heavy atom. The van der Waals surface area contributed by atoms with Gasteiger partial charge in [-0.05, 0) is 23.8 Å². The van der Waals surface area contributed by atoms with E-state index in [0.717, 1.165) is 16.9 Å². The highest BCUT2D eigenvalue weighted by molar-refractivity contribution is 5.72. The van der Waals surface area contributed by atoms with E-state index in [0.29, 0.717) is 0 Å². The number of methoxy groups -OCH3 is 1. The van der Waals surface area contributed by atoms with Gasteiger partial charge in [0.1, 0.15) is 11.5 Å². The summed E-state index contributed by atoms with van der Waals surface area (Å²) in [6, 6.07) is 15.0. The third kappa shape index (κ3) is 2.88. The first-order chi connectivity index (χ1) is 8.29. The topological polar surface area (TPSA) is 29.5 Å². The molecule has 0 fully saturated rings. The molecule has 0 bridgehead atoms. The van der Waals surface area contributed by atoms with Gasteiger partial charge in [0.15, 0.2) is 0 Å². The van der Waals surface area contributed by atoms with E-state index in [2.05, 4.69) is 0 Å². The second-order valence-corrected chi connectivity index (χ2v) is 3.67. The van der Waals surface area contributed by atoms with E-state index in [1.165, 1.54) is 0 Å². The molecule has 0 saturated heterocycles. The van der Waals surface area contributed by atoms with E-state index in [1.807, 2.05) is 48.6 Å². The van der Waals surface area contributed by atoms with Gasteiger partial charge in [0.2, 0.25) is 0 Å². The summed E-state index contributed by atoms with van der Waals surface area (Å²) in [5, 5.41) is 9.61. The van der Waals surface area contributed by atoms with Crippen molar-refractivity contribution in [3.8, 4) is 11.5 Å². The van der Waals surface area contributed by atoms with Gasteiger partial charge in [-0.3, -0.25) is 0 Å². The lowest BCUT2D eigenvalue weighted by Crippen LogP contribution is -1.82. The lowest BCUT2D eigenvalue weighted by Gasteiger charge is -2.00. The number of para-hydroxylation sites is 1. The average Bonchev–Trinajstić information content (AvgIpc) is 2.38. The molecule has 86 valence electrons. The molecule has 2 nitrogen and oxygen atoms in total. The number of ether oxygens (including phenoxy) is 1. The number of hydrogen-bond acceptors (Lipinski definition) is 2. The molecule has 0 aliphatic heterocycles. The molecular formula is C15H14O2. The normalized spacial score (nSPS) is 10.6. The Kier molecular flexibility index (Phi) is 3.46. The summed E-state index contributed by atoms with van der Waals surface area (Å²) in [5.41, 5.74) is 1.84. The molecule has 0 spiro atoms. The molecule has 2 aromatic rings. The van der Waals surface area contributed by atoms with E-state index < -0.39 is 0 Å². The van der Waals surface area contributed by atoms with Gasteiger partial charge in [0.05, 0.1) is 7.11 Å². The fraction of sp³-hybridized carbons (Fsp3) is 0.0667. The highest BCUT2D eigenvalue weighted by Crippen LogP contribution is 2.20. The molecule has 17 heavy (non-hydrogen) atoms. The quantitative estimate of drug-likeness (QED) is 0.811. The minimum absolute atomic E-state index is 0.284. The van der Waals surface area contributed by atoms with Crippen LogP contribution in [0.25, 0.3) is 12.2 Å². The third-order valence-corrected chi connectivity index (χ3v) is 2.49. The van der Waals surface area contributed by atoms with Crippen LogP contribution in [0.1, 0.15) is 11.1 Å². The average molecular weight is 226 g/mol. The molecule has 1 N–H and O–H groups in total. The van der Waals surface area contributed by atoms with Crippen molar-refractivity contribution in [2.75, 3.05) is 7.11 Å². The van der Waals surface area contributed by atoms with Crippen LogP contribution >= 0.6 is 0 Å². The van der Waals surface area contributed by atoms with Gasteiger partial charge in [-0.15, -0.1) is 0 Å². The van der Waals surface area contributed by atoms with Crippen molar-refractivity contribution in [2.24, 2.45) is 0 Å². The maximum absolute atomic E-state index is 9.61. The van der Waals surface area contributed by atoms with Crippen LogP contribution in [0.5, 0.6) is 11.5 Å². The van der Waals surface area contributed by atoms with Crippen molar-refractivity contribution in [1.82, 2.24) is 0 Å². The summed E-state index contributed by atoms with van der Waals surface area (Å²) >= 11 is 0. The van der Waals surface area contributed by atoms with Gasteiger partial charge in [-0.2, -0.15) is 0 Å². The minimum Gasteiger partial charge on any atom is -0.507 e. The van der Waals surface area contributed by atoms with Crippen LogP contribution in [-0.4, -0.2) is 12.2 Å². The fourth-order valence-corrected chi connectivity index (χ4v) is 1.56.